The number of aryl methyl sites for hydroxylation is 3. The molecule has 134 valence electrons. The smallest absolute Gasteiger partial charge is 0.261 e. The maximum Gasteiger partial charge on any atom is 0.261 e. The zero-order valence-corrected chi connectivity index (χ0v) is 17.1. The Morgan fingerprint density at radius 1 is 1.20 bits per heavy atom. The minimum atomic E-state index is -0.0443. The average molecular weight is 377 g/mol. The fraction of sp³-hybridized carbons (Fsp3) is 0.500. The molecule has 1 amide bonds. The van der Waals surface area contributed by atoms with Gasteiger partial charge in [-0.1, -0.05) is 13.8 Å². The highest BCUT2D eigenvalue weighted by Gasteiger charge is 2.20. The van der Waals surface area contributed by atoms with E-state index in [9.17, 15) is 4.79 Å². The zero-order chi connectivity index (χ0) is 18.3. The summed E-state index contributed by atoms with van der Waals surface area (Å²) in [7, 11) is 0. The first-order chi connectivity index (χ1) is 11.8. The minimum absolute atomic E-state index is 0.0327. The Bertz CT molecular complexity index is 919. The summed E-state index contributed by atoms with van der Waals surface area (Å²) in [5.41, 5.74) is 1.97. The van der Waals surface area contributed by atoms with Crippen molar-refractivity contribution in [3.8, 4) is 0 Å². The largest absolute Gasteiger partial charge is 0.344 e. The van der Waals surface area contributed by atoms with E-state index in [4.69, 9.17) is 0 Å². The lowest BCUT2D eigenvalue weighted by atomic mass is 10.2. The van der Waals surface area contributed by atoms with Crippen molar-refractivity contribution < 1.29 is 4.79 Å². The summed E-state index contributed by atoms with van der Waals surface area (Å²) in [6.45, 7) is 13.2. The van der Waals surface area contributed by atoms with Crippen molar-refractivity contribution >= 4 is 38.8 Å². The van der Waals surface area contributed by atoms with Gasteiger partial charge in [0, 0.05) is 16.8 Å². The summed E-state index contributed by atoms with van der Waals surface area (Å²) >= 11 is 3.16. The molecule has 3 aromatic rings. The molecular formula is C18H24N4OS2. The molecule has 0 spiro atoms. The van der Waals surface area contributed by atoms with Crippen molar-refractivity contribution in [2.45, 2.75) is 54.1 Å². The third-order valence-electron chi connectivity index (χ3n) is 4.05. The van der Waals surface area contributed by atoms with E-state index in [1.807, 2.05) is 38.4 Å². The second-order valence-corrected chi connectivity index (χ2v) is 9.13. The molecular weight excluding hydrogens is 352 g/mol. The topological polar surface area (TPSA) is 59.8 Å². The van der Waals surface area contributed by atoms with Crippen LogP contribution in [0.4, 0.5) is 0 Å². The lowest BCUT2D eigenvalue weighted by molar-refractivity contribution is 0.0944. The standard InChI is InChI=1S/C18H24N4OS2/c1-9(2)8-22-18-14(10(3)21-22)7-15(25-18)17(23)20-12(5)16-11(4)19-13(6)24-16/h7,9,12H,8H2,1-6H3,(H,20,23)/t12-/m1/s1. The summed E-state index contributed by atoms with van der Waals surface area (Å²) < 4.78 is 2.02. The number of carbonyl (C=O) groups is 1. The molecule has 25 heavy (non-hydrogen) atoms. The molecule has 1 N–H and O–H groups in total. The highest BCUT2D eigenvalue weighted by Crippen LogP contribution is 2.30. The lowest BCUT2D eigenvalue weighted by Crippen LogP contribution is -2.25. The van der Waals surface area contributed by atoms with Gasteiger partial charge in [0.05, 0.1) is 27.3 Å². The van der Waals surface area contributed by atoms with Crippen LogP contribution < -0.4 is 5.32 Å². The van der Waals surface area contributed by atoms with Gasteiger partial charge in [0.25, 0.3) is 5.91 Å². The van der Waals surface area contributed by atoms with Crippen LogP contribution in [0.1, 0.15) is 57.8 Å². The molecule has 0 saturated heterocycles. The molecule has 0 aliphatic rings. The fourth-order valence-corrected chi connectivity index (χ4v) is 4.98. The molecule has 0 bridgehead atoms. The molecule has 7 heteroatoms. The molecule has 3 aromatic heterocycles. The van der Waals surface area contributed by atoms with E-state index >= 15 is 0 Å². The number of carbonyl (C=O) groups excluding carboxylic acids is 1. The van der Waals surface area contributed by atoms with Crippen molar-refractivity contribution in [1.29, 1.82) is 0 Å². The highest BCUT2D eigenvalue weighted by molar-refractivity contribution is 7.20. The molecule has 0 radical (unpaired) electrons. The van der Waals surface area contributed by atoms with E-state index in [2.05, 4.69) is 29.2 Å². The van der Waals surface area contributed by atoms with Crippen LogP contribution in [0.3, 0.4) is 0 Å². The summed E-state index contributed by atoms with van der Waals surface area (Å²) in [4.78, 5) is 20.1. The average Bonchev–Trinajstić information content (AvgIpc) is 3.15. The van der Waals surface area contributed by atoms with Gasteiger partial charge in [-0.3, -0.25) is 9.48 Å². The van der Waals surface area contributed by atoms with Gasteiger partial charge in [0.1, 0.15) is 4.83 Å². The molecule has 5 nitrogen and oxygen atoms in total. The summed E-state index contributed by atoms with van der Waals surface area (Å²) in [5.74, 6) is 0.481. The van der Waals surface area contributed by atoms with Gasteiger partial charge in [-0.05, 0) is 39.7 Å². The normalized spacial score (nSPS) is 12.9. The molecule has 1 atom stereocenters. The van der Waals surface area contributed by atoms with Gasteiger partial charge in [-0.15, -0.1) is 22.7 Å². The van der Waals surface area contributed by atoms with Crippen molar-refractivity contribution in [3.63, 3.8) is 0 Å². The van der Waals surface area contributed by atoms with Crippen LogP contribution in [0.15, 0.2) is 6.07 Å². The van der Waals surface area contributed by atoms with E-state index < -0.39 is 0 Å². The fourth-order valence-electron chi connectivity index (χ4n) is 2.98. The van der Waals surface area contributed by atoms with Crippen LogP contribution in [0, 0.1) is 26.7 Å². The Morgan fingerprint density at radius 3 is 2.52 bits per heavy atom. The van der Waals surface area contributed by atoms with Gasteiger partial charge in [0.2, 0.25) is 0 Å². The maximum absolute atomic E-state index is 12.7. The predicted molar refractivity (Wildman–Crippen MR) is 105 cm³/mol. The Labute approximate surface area is 156 Å². The van der Waals surface area contributed by atoms with Crippen LogP contribution in [0.2, 0.25) is 0 Å². The molecule has 0 aliphatic heterocycles. The minimum Gasteiger partial charge on any atom is -0.344 e. The Hall–Kier alpha value is -1.73. The second kappa shape index (κ2) is 6.88. The first-order valence-electron chi connectivity index (χ1n) is 8.48. The number of thiophene rings is 1. The van der Waals surface area contributed by atoms with Crippen LogP contribution in [0.5, 0.6) is 0 Å². The van der Waals surface area contributed by atoms with Crippen molar-refractivity contribution in [3.05, 3.63) is 32.2 Å². The molecule has 0 unspecified atom stereocenters. The quantitative estimate of drug-likeness (QED) is 0.706. The van der Waals surface area contributed by atoms with E-state index in [1.165, 1.54) is 11.3 Å². The van der Waals surface area contributed by atoms with Crippen molar-refractivity contribution in [2.24, 2.45) is 5.92 Å². The predicted octanol–water partition coefficient (Wildman–Crippen LogP) is 4.63. The van der Waals surface area contributed by atoms with E-state index in [0.717, 1.165) is 42.9 Å². The zero-order valence-electron chi connectivity index (χ0n) is 15.5. The van der Waals surface area contributed by atoms with Gasteiger partial charge in [-0.2, -0.15) is 5.10 Å². The van der Waals surface area contributed by atoms with E-state index in [1.54, 1.807) is 11.3 Å². The number of rotatable bonds is 5. The third kappa shape index (κ3) is 3.62. The lowest BCUT2D eigenvalue weighted by Gasteiger charge is -2.12. The van der Waals surface area contributed by atoms with Gasteiger partial charge >= 0.3 is 0 Å². The SMILES string of the molecule is Cc1nc(C)c([C@@H](C)NC(=O)c2cc3c(C)nn(CC(C)C)c3s2)s1. The Balaban J connectivity index is 1.83. The number of nitrogens with one attached hydrogen (secondary N) is 1. The summed E-state index contributed by atoms with van der Waals surface area (Å²) in [6, 6.07) is 1.92. The van der Waals surface area contributed by atoms with E-state index in [0.29, 0.717) is 5.92 Å². The number of nitrogens with zero attached hydrogens (tertiary/aromatic N) is 3. The third-order valence-corrected chi connectivity index (χ3v) is 6.45. The molecule has 3 heterocycles. The maximum atomic E-state index is 12.7. The molecule has 0 saturated carbocycles. The van der Waals surface area contributed by atoms with Crippen LogP contribution in [-0.2, 0) is 6.54 Å². The first-order valence-corrected chi connectivity index (χ1v) is 10.1. The number of fused-ring (bicyclic) bond motifs is 1. The number of hydrogen-bond donors (Lipinski definition) is 1. The van der Waals surface area contributed by atoms with Crippen molar-refractivity contribution in [1.82, 2.24) is 20.1 Å². The van der Waals surface area contributed by atoms with Crippen LogP contribution in [-0.4, -0.2) is 20.7 Å². The Morgan fingerprint density at radius 2 is 1.92 bits per heavy atom. The molecule has 0 aromatic carbocycles. The monoisotopic (exact) mass is 376 g/mol. The van der Waals surface area contributed by atoms with Crippen molar-refractivity contribution in [2.75, 3.05) is 0 Å². The number of amides is 1. The van der Waals surface area contributed by atoms with Gasteiger partial charge in [-0.25, -0.2) is 4.98 Å². The first kappa shape index (κ1) is 18.1. The number of aromatic nitrogens is 3. The molecule has 0 aliphatic carbocycles. The summed E-state index contributed by atoms with van der Waals surface area (Å²) in [6.07, 6.45) is 0. The molecule has 3 rings (SSSR count). The molecule has 0 fully saturated rings. The highest BCUT2D eigenvalue weighted by atomic mass is 32.1. The summed E-state index contributed by atoms with van der Waals surface area (Å²) in [5, 5.41) is 9.82. The van der Waals surface area contributed by atoms with E-state index in [-0.39, 0.29) is 11.9 Å². The van der Waals surface area contributed by atoms with Gasteiger partial charge < -0.3 is 5.32 Å². The van der Waals surface area contributed by atoms with Crippen LogP contribution >= 0.6 is 22.7 Å². The second-order valence-electron chi connectivity index (χ2n) is 6.87. The van der Waals surface area contributed by atoms with Crippen LogP contribution in [0.25, 0.3) is 10.2 Å². The van der Waals surface area contributed by atoms with Gasteiger partial charge in [0.15, 0.2) is 0 Å². The Kier molecular flexibility index (Phi) is 4.97. The number of thiazole rings is 1. The number of hydrogen-bond acceptors (Lipinski definition) is 5.